The van der Waals surface area contributed by atoms with Gasteiger partial charge in [-0.15, -0.1) is 5.10 Å². The highest BCUT2D eigenvalue weighted by molar-refractivity contribution is 8.00. The highest BCUT2D eigenvalue weighted by Gasteiger charge is 2.27. The van der Waals surface area contributed by atoms with Crippen molar-refractivity contribution in [2.24, 2.45) is 0 Å². The average Bonchev–Trinajstić information content (AvgIpc) is 3.34. The number of nitrogens with zero attached hydrogens (tertiary/aromatic N) is 5. The number of piperazine rings is 1. The summed E-state index contributed by atoms with van der Waals surface area (Å²) in [6, 6.07) is 18.5. The number of benzene rings is 2. The number of aromatic nitrogens is 4. The Kier molecular flexibility index (Phi) is 5.18. The molecule has 8 heteroatoms. The van der Waals surface area contributed by atoms with Gasteiger partial charge in [-0.25, -0.2) is 10.1 Å². The number of carbonyl (C=O) groups excluding carboxylic acids is 1. The summed E-state index contributed by atoms with van der Waals surface area (Å²) in [6.07, 6.45) is 0. The van der Waals surface area contributed by atoms with Gasteiger partial charge in [0.25, 0.3) is 0 Å². The lowest BCUT2D eigenvalue weighted by molar-refractivity contribution is -0.132. The van der Waals surface area contributed by atoms with Crippen LogP contribution in [0.15, 0.2) is 59.8 Å². The SMILES string of the molecule is C[C@H](Sc1n[nH]c2nc3ccccc3n12)C(=O)N1CCN(Cc2ccccc2)CC1. The molecule has 2 aromatic heterocycles. The van der Waals surface area contributed by atoms with E-state index in [1.807, 2.05) is 46.6 Å². The largest absolute Gasteiger partial charge is 0.339 e. The molecule has 1 aliphatic rings. The predicted molar refractivity (Wildman–Crippen MR) is 118 cm³/mol. The molecule has 1 atom stereocenters. The van der Waals surface area contributed by atoms with Gasteiger partial charge in [0.05, 0.1) is 16.3 Å². The molecule has 1 aliphatic heterocycles. The fourth-order valence-corrected chi connectivity index (χ4v) is 4.91. The van der Waals surface area contributed by atoms with Crippen LogP contribution in [0, 0.1) is 0 Å². The number of nitrogens with one attached hydrogen (secondary N) is 1. The fraction of sp³-hybridized carbons (Fsp3) is 0.318. The van der Waals surface area contributed by atoms with E-state index in [0.29, 0.717) is 5.78 Å². The normalized spacial score (nSPS) is 16.4. The van der Waals surface area contributed by atoms with Crippen molar-refractivity contribution < 1.29 is 4.79 Å². The van der Waals surface area contributed by atoms with Crippen molar-refractivity contribution in [3.8, 4) is 0 Å². The van der Waals surface area contributed by atoms with Gasteiger partial charge in [-0.05, 0) is 24.6 Å². The zero-order valence-electron chi connectivity index (χ0n) is 16.9. The third-order valence-corrected chi connectivity index (χ3v) is 6.61. The van der Waals surface area contributed by atoms with Crippen molar-refractivity contribution in [2.75, 3.05) is 26.2 Å². The first kappa shape index (κ1) is 19.1. The van der Waals surface area contributed by atoms with E-state index in [0.717, 1.165) is 48.9 Å². The Morgan fingerprint density at radius 1 is 1.07 bits per heavy atom. The maximum atomic E-state index is 13.1. The zero-order chi connectivity index (χ0) is 20.5. The summed E-state index contributed by atoms with van der Waals surface area (Å²) in [5.41, 5.74) is 3.23. The third kappa shape index (κ3) is 3.68. The number of fused-ring (bicyclic) bond motifs is 3. The molecule has 5 rings (SSSR count). The molecule has 154 valence electrons. The van der Waals surface area contributed by atoms with E-state index in [9.17, 15) is 4.79 Å². The van der Waals surface area contributed by atoms with E-state index in [1.54, 1.807) is 0 Å². The van der Waals surface area contributed by atoms with Crippen LogP contribution in [0.3, 0.4) is 0 Å². The fourth-order valence-electron chi connectivity index (χ4n) is 3.96. The molecule has 0 spiro atoms. The van der Waals surface area contributed by atoms with Crippen LogP contribution in [0.1, 0.15) is 12.5 Å². The van der Waals surface area contributed by atoms with E-state index >= 15 is 0 Å². The van der Waals surface area contributed by atoms with E-state index in [1.165, 1.54) is 17.3 Å². The molecule has 0 bridgehead atoms. The minimum atomic E-state index is -0.210. The second-order valence-electron chi connectivity index (χ2n) is 7.61. The van der Waals surface area contributed by atoms with Crippen molar-refractivity contribution in [1.29, 1.82) is 0 Å². The minimum Gasteiger partial charge on any atom is -0.339 e. The Balaban J connectivity index is 1.22. The Labute approximate surface area is 179 Å². The molecule has 2 aromatic carbocycles. The number of thioether (sulfide) groups is 1. The van der Waals surface area contributed by atoms with Crippen LogP contribution >= 0.6 is 11.8 Å². The van der Waals surface area contributed by atoms with Gasteiger partial charge in [0.1, 0.15) is 0 Å². The molecule has 1 N–H and O–H groups in total. The number of amides is 1. The monoisotopic (exact) mass is 420 g/mol. The molecular formula is C22H24N6OS. The lowest BCUT2D eigenvalue weighted by Gasteiger charge is -2.35. The molecule has 7 nitrogen and oxygen atoms in total. The van der Waals surface area contributed by atoms with E-state index in [2.05, 4.69) is 44.3 Å². The van der Waals surface area contributed by atoms with Crippen LogP contribution in [-0.4, -0.2) is 66.7 Å². The number of H-pyrrole nitrogens is 1. The average molecular weight is 421 g/mol. The van der Waals surface area contributed by atoms with Crippen molar-refractivity contribution in [3.05, 3.63) is 60.2 Å². The number of hydrogen-bond donors (Lipinski definition) is 1. The molecule has 30 heavy (non-hydrogen) atoms. The molecule has 0 radical (unpaired) electrons. The number of rotatable bonds is 5. The van der Waals surface area contributed by atoms with Crippen molar-refractivity contribution in [2.45, 2.75) is 23.9 Å². The summed E-state index contributed by atoms with van der Waals surface area (Å²) in [7, 11) is 0. The van der Waals surface area contributed by atoms with E-state index < -0.39 is 0 Å². The second kappa shape index (κ2) is 8.12. The molecule has 4 aromatic rings. The van der Waals surface area contributed by atoms with E-state index in [-0.39, 0.29) is 11.2 Å². The summed E-state index contributed by atoms with van der Waals surface area (Å²) < 4.78 is 1.99. The number of hydrogen-bond acceptors (Lipinski definition) is 5. The summed E-state index contributed by atoms with van der Waals surface area (Å²) in [6.45, 7) is 6.23. The second-order valence-corrected chi connectivity index (χ2v) is 8.92. The first-order chi connectivity index (χ1) is 14.7. The molecular weight excluding hydrogens is 396 g/mol. The first-order valence-electron chi connectivity index (χ1n) is 10.2. The van der Waals surface area contributed by atoms with Crippen LogP contribution in [0.25, 0.3) is 16.8 Å². The third-order valence-electron chi connectivity index (χ3n) is 5.57. The highest BCUT2D eigenvalue weighted by Crippen LogP contribution is 2.27. The van der Waals surface area contributed by atoms with Gasteiger partial charge in [0.2, 0.25) is 11.7 Å². The zero-order valence-corrected chi connectivity index (χ0v) is 17.7. The van der Waals surface area contributed by atoms with Crippen molar-refractivity contribution in [3.63, 3.8) is 0 Å². The molecule has 0 saturated carbocycles. The molecule has 0 unspecified atom stereocenters. The molecule has 1 saturated heterocycles. The quantitative estimate of drug-likeness (QED) is 0.503. The van der Waals surface area contributed by atoms with Gasteiger partial charge in [-0.1, -0.05) is 54.2 Å². The van der Waals surface area contributed by atoms with Gasteiger partial charge >= 0.3 is 0 Å². The van der Waals surface area contributed by atoms with Crippen LogP contribution in [-0.2, 0) is 11.3 Å². The van der Waals surface area contributed by atoms with Crippen LogP contribution < -0.4 is 0 Å². The Hall–Kier alpha value is -2.84. The van der Waals surface area contributed by atoms with Gasteiger partial charge in [0.15, 0.2) is 5.16 Å². The Bertz CT molecular complexity index is 1160. The van der Waals surface area contributed by atoms with Crippen molar-refractivity contribution in [1.82, 2.24) is 29.4 Å². The molecule has 1 amide bonds. The van der Waals surface area contributed by atoms with Crippen LogP contribution in [0.4, 0.5) is 0 Å². The summed E-state index contributed by atoms with van der Waals surface area (Å²) in [5, 5.41) is 7.93. The maximum Gasteiger partial charge on any atom is 0.235 e. The summed E-state index contributed by atoms with van der Waals surface area (Å²) >= 11 is 1.48. The maximum absolute atomic E-state index is 13.1. The molecule has 1 fully saturated rings. The molecule has 3 heterocycles. The van der Waals surface area contributed by atoms with E-state index in [4.69, 9.17) is 0 Å². The Morgan fingerprint density at radius 3 is 2.60 bits per heavy atom. The minimum absolute atomic E-state index is 0.167. The Morgan fingerprint density at radius 2 is 1.80 bits per heavy atom. The lowest BCUT2D eigenvalue weighted by Crippen LogP contribution is -2.50. The van der Waals surface area contributed by atoms with Gasteiger partial charge in [-0.3, -0.25) is 14.1 Å². The topological polar surface area (TPSA) is 69.5 Å². The lowest BCUT2D eigenvalue weighted by atomic mass is 10.2. The van der Waals surface area contributed by atoms with Crippen LogP contribution in [0.5, 0.6) is 0 Å². The van der Waals surface area contributed by atoms with Gasteiger partial charge in [-0.2, -0.15) is 0 Å². The number of aromatic amines is 1. The number of para-hydroxylation sites is 2. The predicted octanol–water partition coefficient (Wildman–Crippen LogP) is 3.04. The van der Waals surface area contributed by atoms with Crippen molar-refractivity contribution >= 4 is 34.5 Å². The smallest absolute Gasteiger partial charge is 0.235 e. The summed E-state index contributed by atoms with van der Waals surface area (Å²) in [4.78, 5) is 22.0. The highest BCUT2D eigenvalue weighted by atomic mass is 32.2. The van der Waals surface area contributed by atoms with Gasteiger partial charge in [0, 0.05) is 32.7 Å². The standard InChI is InChI=1S/C22H24N6OS/c1-16(30-22-25-24-21-23-18-9-5-6-10-19(18)28(21)22)20(29)27-13-11-26(12-14-27)15-17-7-3-2-4-8-17/h2-10,16H,11-15H2,1H3,(H,23,24)/t16-/m0/s1. The summed E-state index contributed by atoms with van der Waals surface area (Å²) in [5.74, 6) is 0.868. The molecule has 0 aliphatic carbocycles. The number of carbonyl (C=O) groups is 1. The number of imidazole rings is 1. The first-order valence-corrected chi connectivity index (χ1v) is 11.1. The van der Waals surface area contributed by atoms with Crippen LogP contribution in [0.2, 0.25) is 0 Å². The van der Waals surface area contributed by atoms with Gasteiger partial charge < -0.3 is 4.90 Å².